The maximum atomic E-state index is 10.7. The van der Waals surface area contributed by atoms with Gasteiger partial charge in [-0.25, -0.2) is 0 Å². The number of fused-ring (bicyclic) bond motifs is 3. The lowest BCUT2D eigenvalue weighted by atomic mass is 10.1. The van der Waals surface area contributed by atoms with Gasteiger partial charge in [0, 0.05) is 27.6 Å². The number of carboxylic acids is 1. The second-order valence-electron chi connectivity index (χ2n) is 5.65. The fraction of sp³-hybridized carbons (Fsp3) is 0.111. The largest absolute Gasteiger partial charge is 0.549 e. The van der Waals surface area contributed by atoms with Crippen LogP contribution in [-0.4, -0.2) is 26.9 Å². The smallest absolute Gasteiger partial charge is 0.247 e. The molecule has 0 fully saturated rings. The number of carbonyl (C=O) groups is 1. The molecular formula is C18H12ClN4O3S-. The minimum absolute atomic E-state index is 0.201. The number of ether oxygens (including phenoxy) is 1. The number of hydrogen-bond acceptors (Lipinski definition) is 8. The number of para-hydroxylation sites is 1. The van der Waals surface area contributed by atoms with Gasteiger partial charge in [0.05, 0.1) is 5.97 Å². The quantitative estimate of drug-likeness (QED) is 0.668. The molecule has 0 saturated carbocycles. The van der Waals surface area contributed by atoms with Gasteiger partial charge in [-0.05, 0) is 18.2 Å². The Morgan fingerprint density at radius 3 is 2.74 bits per heavy atom. The highest BCUT2D eigenvalue weighted by molar-refractivity contribution is 7.99. The van der Waals surface area contributed by atoms with Crippen molar-refractivity contribution in [3.8, 4) is 17.1 Å². The SMILES string of the molecule is O=C([O-])CSc1nnc2c(n1)OC(c1ccc(Cl)cc1)Nc1ccccc1-2. The molecule has 4 rings (SSSR count). The molecule has 1 N–H and O–H groups in total. The third-order valence-electron chi connectivity index (χ3n) is 3.83. The average molecular weight is 400 g/mol. The van der Waals surface area contributed by atoms with Gasteiger partial charge in [0.1, 0.15) is 0 Å². The number of thioether (sulfide) groups is 1. The van der Waals surface area contributed by atoms with Crippen LogP contribution < -0.4 is 15.2 Å². The van der Waals surface area contributed by atoms with E-state index >= 15 is 0 Å². The molecule has 7 nitrogen and oxygen atoms in total. The van der Waals surface area contributed by atoms with E-state index in [1.54, 1.807) is 12.1 Å². The predicted octanol–water partition coefficient (Wildman–Crippen LogP) is 2.54. The highest BCUT2D eigenvalue weighted by atomic mass is 35.5. The summed E-state index contributed by atoms with van der Waals surface area (Å²) in [5.74, 6) is -1.20. The van der Waals surface area contributed by atoms with Gasteiger partial charge in [-0.3, -0.25) is 0 Å². The van der Waals surface area contributed by atoms with Gasteiger partial charge in [-0.15, -0.1) is 10.2 Å². The highest BCUT2D eigenvalue weighted by Crippen LogP contribution is 2.39. The molecule has 0 radical (unpaired) electrons. The first-order valence-electron chi connectivity index (χ1n) is 7.95. The van der Waals surface area contributed by atoms with Crippen LogP contribution in [0.3, 0.4) is 0 Å². The predicted molar refractivity (Wildman–Crippen MR) is 99.4 cm³/mol. The number of nitrogens with zero attached hydrogens (tertiary/aromatic N) is 3. The number of carbonyl (C=O) groups excluding carboxylic acids is 1. The molecule has 3 aromatic rings. The molecule has 2 aromatic carbocycles. The van der Waals surface area contributed by atoms with Gasteiger partial charge in [0.15, 0.2) is 11.9 Å². The average Bonchev–Trinajstić information content (AvgIpc) is 2.83. The van der Waals surface area contributed by atoms with Crippen LogP contribution in [0.15, 0.2) is 53.7 Å². The molecule has 0 saturated heterocycles. The Morgan fingerprint density at radius 1 is 1.19 bits per heavy atom. The summed E-state index contributed by atoms with van der Waals surface area (Å²) in [6.07, 6.45) is -0.527. The minimum atomic E-state index is -1.20. The lowest BCUT2D eigenvalue weighted by molar-refractivity contribution is -0.301. The number of aliphatic carboxylic acids is 1. The van der Waals surface area contributed by atoms with E-state index in [2.05, 4.69) is 20.5 Å². The molecule has 1 unspecified atom stereocenters. The summed E-state index contributed by atoms with van der Waals surface area (Å²) in [6, 6.07) is 14.9. The number of nitrogens with one attached hydrogen (secondary N) is 1. The zero-order valence-electron chi connectivity index (χ0n) is 13.8. The normalized spacial score (nSPS) is 14.9. The topological polar surface area (TPSA) is 100 Å². The number of carboxylic acid groups (broad SMARTS) is 1. The molecule has 0 spiro atoms. The van der Waals surface area contributed by atoms with Crippen LogP contribution in [-0.2, 0) is 4.79 Å². The Bertz CT molecular complexity index is 1000. The summed E-state index contributed by atoms with van der Waals surface area (Å²) < 4.78 is 6.07. The van der Waals surface area contributed by atoms with Crippen molar-refractivity contribution in [1.82, 2.24) is 15.2 Å². The van der Waals surface area contributed by atoms with Crippen LogP contribution in [0.5, 0.6) is 5.88 Å². The third kappa shape index (κ3) is 3.81. The van der Waals surface area contributed by atoms with Crippen molar-refractivity contribution < 1.29 is 14.6 Å². The number of hydrogen-bond donors (Lipinski definition) is 1. The molecule has 2 heterocycles. The maximum Gasteiger partial charge on any atom is 0.247 e. The van der Waals surface area contributed by atoms with Crippen LogP contribution in [0.25, 0.3) is 11.3 Å². The summed E-state index contributed by atoms with van der Waals surface area (Å²) in [4.78, 5) is 15.0. The number of anilines is 1. The molecule has 136 valence electrons. The molecule has 27 heavy (non-hydrogen) atoms. The molecule has 1 aromatic heterocycles. The molecule has 9 heteroatoms. The first-order valence-corrected chi connectivity index (χ1v) is 9.32. The van der Waals surface area contributed by atoms with E-state index in [0.29, 0.717) is 10.7 Å². The number of halogens is 1. The second-order valence-corrected chi connectivity index (χ2v) is 7.03. The van der Waals surface area contributed by atoms with Gasteiger partial charge < -0.3 is 20.0 Å². The summed E-state index contributed by atoms with van der Waals surface area (Å²) in [6.45, 7) is 0. The van der Waals surface area contributed by atoms with Crippen molar-refractivity contribution in [2.75, 3.05) is 11.1 Å². The van der Waals surface area contributed by atoms with Gasteiger partial charge >= 0.3 is 0 Å². The summed E-state index contributed by atoms with van der Waals surface area (Å²) in [5.41, 5.74) is 2.94. The number of benzene rings is 2. The van der Waals surface area contributed by atoms with E-state index in [-0.39, 0.29) is 16.8 Å². The van der Waals surface area contributed by atoms with Crippen molar-refractivity contribution in [2.24, 2.45) is 0 Å². The molecule has 0 amide bonds. The molecule has 1 atom stereocenters. The molecule has 0 aliphatic carbocycles. The van der Waals surface area contributed by atoms with Crippen molar-refractivity contribution in [1.29, 1.82) is 0 Å². The van der Waals surface area contributed by atoms with Crippen molar-refractivity contribution in [3.63, 3.8) is 0 Å². The Kier molecular flexibility index (Phi) is 4.83. The van der Waals surface area contributed by atoms with Crippen LogP contribution in [0.4, 0.5) is 5.69 Å². The van der Waals surface area contributed by atoms with Crippen molar-refractivity contribution in [3.05, 3.63) is 59.1 Å². The van der Waals surface area contributed by atoms with Gasteiger partial charge in [0.2, 0.25) is 11.0 Å². The lowest BCUT2D eigenvalue weighted by Gasteiger charge is -2.19. The highest BCUT2D eigenvalue weighted by Gasteiger charge is 2.25. The fourth-order valence-corrected chi connectivity index (χ4v) is 3.24. The molecule has 1 aliphatic rings. The van der Waals surface area contributed by atoms with Gasteiger partial charge in [0.25, 0.3) is 0 Å². The maximum absolute atomic E-state index is 10.7. The van der Waals surface area contributed by atoms with Crippen molar-refractivity contribution >= 4 is 35.0 Å². The van der Waals surface area contributed by atoms with E-state index in [0.717, 1.165) is 28.6 Å². The first-order chi connectivity index (χ1) is 13.1. The lowest BCUT2D eigenvalue weighted by Crippen LogP contribution is -2.24. The van der Waals surface area contributed by atoms with Crippen LogP contribution in [0.2, 0.25) is 5.02 Å². The molecule has 1 aliphatic heterocycles. The number of rotatable bonds is 4. The van der Waals surface area contributed by atoms with Crippen LogP contribution >= 0.6 is 23.4 Å². The summed E-state index contributed by atoms with van der Waals surface area (Å²) in [7, 11) is 0. The van der Waals surface area contributed by atoms with E-state index < -0.39 is 12.2 Å². The number of aromatic nitrogens is 3. The first kappa shape index (κ1) is 17.6. The Balaban J connectivity index is 1.76. The Labute approximate surface area is 163 Å². The van der Waals surface area contributed by atoms with E-state index in [9.17, 15) is 9.90 Å². The Morgan fingerprint density at radius 2 is 1.96 bits per heavy atom. The monoisotopic (exact) mass is 399 g/mol. The van der Waals surface area contributed by atoms with Gasteiger partial charge in [-0.1, -0.05) is 53.7 Å². The summed E-state index contributed by atoms with van der Waals surface area (Å²) >= 11 is 6.90. The third-order valence-corrected chi connectivity index (χ3v) is 4.89. The van der Waals surface area contributed by atoms with E-state index in [4.69, 9.17) is 16.3 Å². The fourth-order valence-electron chi connectivity index (χ4n) is 2.62. The zero-order chi connectivity index (χ0) is 18.8. The summed E-state index contributed by atoms with van der Waals surface area (Å²) in [5, 5.41) is 23.0. The van der Waals surface area contributed by atoms with Crippen molar-refractivity contribution in [2.45, 2.75) is 11.4 Å². The molecular weight excluding hydrogens is 388 g/mol. The van der Waals surface area contributed by atoms with E-state index in [1.807, 2.05) is 36.4 Å². The zero-order valence-corrected chi connectivity index (χ0v) is 15.3. The molecule has 0 bridgehead atoms. The second kappa shape index (κ2) is 7.42. The Hall–Kier alpha value is -2.84. The van der Waals surface area contributed by atoms with Gasteiger partial charge in [-0.2, -0.15) is 4.98 Å². The standard InChI is InChI=1S/C18H13ClN4O3S/c19-11-7-5-10(6-8-11)16-20-13-4-2-1-3-12(13)15-17(26-16)21-18(23-22-15)27-9-14(24)25/h1-8,16,20H,9H2,(H,24,25)/p-1. The van der Waals surface area contributed by atoms with Crippen LogP contribution in [0, 0.1) is 0 Å². The van der Waals surface area contributed by atoms with E-state index in [1.165, 1.54) is 0 Å². The van der Waals surface area contributed by atoms with Crippen LogP contribution in [0.1, 0.15) is 11.8 Å². The minimum Gasteiger partial charge on any atom is -0.549 e.